The molecule has 1 saturated heterocycles. The van der Waals surface area contributed by atoms with Crippen molar-refractivity contribution in [3.05, 3.63) is 46.7 Å². The Kier molecular flexibility index (Phi) is 5.91. The van der Waals surface area contributed by atoms with E-state index in [1.54, 1.807) is 0 Å². The summed E-state index contributed by atoms with van der Waals surface area (Å²) in [6.07, 6.45) is 12.2. The molecule has 186 valence electrons. The van der Waals surface area contributed by atoms with Crippen molar-refractivity contribution in [1.29, 1.82) is 5.41 Å². The molecule has 5 atom stereocenters. The van der Waals surface area contributed by atoms with Crippen molar-refractivity contribution >= 4 is 43.8 Å². The Morgan fingerprint density at radius 1 is 1.26 bits per heavy atom. The number of hydrogen-bond donors (Lipinski definition) is 2. The van der Waals surface area contributed by atoms with Crippen LogP contribution in [0.2, 0.25) is 5.02 Å². The summed E-state index contributed by atoms with van der Waals surface area (Å²) in [6, 6.07) is 8.61. The lowest BCUT2D eigenvalue weighted by Gasteiger charge is -2.69. The third kappa shape index (κ3) is 3.65. The smallest absolute Gasteiger partial charge is 0.144 e. The summed E-state index contributed by atoms with van der Waals surface area (Å²) in [4.78, 5) is 10.9. The highest BCUT2D eigenvalue weighted by Crippen LogP contribution is 2.96. The van der Waals surface area contributed by atoms with Gasteiger partial charge in [-0.1, -0.05) is 43.5 Å². The number of aromatic nitrogens is 2. The van der Waals surface area contributed by atoms with Gasteiger partial charge in [-0.15, -0.1) is 0 Å². The van der Waals surface area contributed by atoms with Gasteiger partial charge in [0.1, 0.15) is 22.6 Å². The van der Waals surface area contributed by atoms with Crippen molar-refractivity contribution in [2.75, 3.05) is 23.7 Å². The fourth-order valence-corrected chi connectivity index (χ4v) is 9.26. The Labute approximate surface area is 221 Å². The van der Waals surface area contributed by atoms with Gasteiger partial charge in [0.15, 0.2) is 0 Å². The average molecular weight is 557 g/mol. The normalized spacial score (nSPS) is 31.8. The van der Waals surface area contributed by atoms with Gasteiger partial charge in [0.2, 0.25) is 0 Å². The molecule has 4 saturated carbocycles. The number of hydrogen-bond acceptors (Lipinski definition) is 5. The molecule has 0 radical (unpaired) electrons. The zero-order chi connectivity index (χ0) is 24.4. The molecular formula is C28H35BrClN5. The van der Waals surface area contributed by atoms with Gasteiger partial charge >= 0.3 is 0 Å². The van der Waals surface area contributed by atoms with E-state index in [0.717, 1.165) is 54.0 Å². The first-order chi connectivity index (χ1) is 16.9. The lowest BCUT2D eigenvalue weighted by atomic mass is 9.35. The predicted octanol–water partition coefficient (Wildman–Crippen LogP) is 7.04. The summed E-state index contributed by atoms with van der Waals surface area (Å²) in [7, 11) is 0. The molecule has 5 unspecified atom stereocenters. The maximum Gasteiger partial charge on any atom is 0.144 e. The van der Waals surface area contributed by atoms with E-state index in [9.17, 15) is 0 Å². The summed E-state index contributed by atoms with van der Waals surface area (Å²) < 4.78 is 0.239. The predicted molar refractivity (Wildman–Crippen MR) is 147 cm³/mol. The largest absolute Gasteiger partial charge is 0.383 e. The van der Waals surface area contributed by atoms with Gasteiger partial charge in [-0.3, -0.25) is 5.41 Å². The maximum atomic E-state index is 8.09. The first kappa shape index (κ1) is 23.7. The lowest BCUT2D eigenvalue weighted by Crippen LogP contribution is -2.62. The minimum Gasteiger partial charge on any atom is -0.383 e. The number of rotatable bonds is 9. The molecule has 5 aliphatic rings. The fraction of sp³-hybridized carbons (Fsp3) is 0.607. The van der Waals surface area contributed by atoms with E-state index in [2.05, 4.69) is 62.0 Å². The Morgan fingerprint density at radius 2 is 2.00 bits per heavy atom. The monoisotopic (exact) mass is 555 g/mol. The second kappa shape index (κ2) is 8.72. The maximum absolute atomic E-state index is 8.09. The van der Waals surface area contributed by atoms with Gasteiger partial charge in [-0.05, 0) is 107 Å². The van der Waals surface area contributed by atoms with Gasteiger partial charge in [-0.25, -0.2) is 9.97 Å². The molecule has 3 N–H and O–H groups in total. The summed E-state index contributed by atoms with van der Waals surface area (Å²) in [5, 5.41) is 8.90. The van der Waals surface area contributed by atoms with Crippen LogP contribution in [0, 0.1) is 34.0 Å². The van der Waals surface area contributed by atoms with E-state index < -0.39 is 0 Å². The molecule has 2 bridgehead atoms. The Bertz CT molecular complexity index is 1130. The molecule has 1 aromatic heterocycles. The third-order valence-corrected chi connectivity index (χ3v) is 10.9. The quantitative estimate of drug-likeness (QED) is 0.325. The lowest BCUT2D eigenvalue weighted by molar-refractivity contribution is -0.208. The van der Waals surface area contributed by atoms with Crippen LogP contribution in [0.25, 0.3) is 0 Å². The number of nitrogens with one attached hydrogen (secondary N) is 1. The van der Waals surface area contributed by atoms with Crippen LogP contribution in [-0.4, -0.2) is 27.7 Å². The van der Waals surface area contributed by atoms with Gasteiger partial charge in [0, 0.05) is 18.1 Å². The van der Waals surface area contributed by atoms with E-state index in [-0.39, 0.29) is 4.62 Å². The van der Waals surface area contributed by atoms with E-state index in [4.69, 9.17) is 22.7 Å². The Balaban J connectivity index is 1.14. The van der Waals surface area contributed by atoms with Crippen molar-refractivity contribution in [3.63, 3.8) is 0 Å². The Morgan fingerprint density at radius 3 is 2.66 bits per heavy atom. The van der Waals surface area contributed by atoms with E-state index in [1.165, 1.54) is 50.4 Å². The van der Waals surface area contributed by atoms with Crippen molar-refractivity contribution in [1.82, 2.24) is 9.97 Å². The second-order valence-electron chi connectivity index (χ2n) is 11.5. The summed E-state index contributed by atoms with van der Waals surface area (Å²) in [5.74, 6) is 4.45. The van der Waals surface area contributed by atoms with Gasteiger partial charge in [0.25, 0.3) is 0 Å². The topological polar surface area (TPSA) is 78.9 Å². The van der Waals surface area contributed by atoms with Gasteiger partial charge in [0.05, 0.1) is 5.56 Å². The third-order valence-electron chi connectivity index (χ3n) is 10.2. The average Bonchev–Trinajstić information content (AvgIpc) is 3.42. The number of halogens is 2. The first-order valence-electron chi connectivity index (χ1n) is 13.2. The zero-order valence-corrected chi connectivity index (χ0v) is 22.8. The highest BCUT2D eigenvalue weighted by molar-refractivity contribution is 9.18. The molecule has 1 spiro atoms. The van der Waals surface area contributed by atoms with Gasteiger partial charge in [-0.2, -0.15) is 0 Å². The zero-order valence-electron chi connectivity index (χ0n) is 20.4. The SMILES string of the molecule is CCC1C2(CCCC(c3ccc(Cl)cc3)C3CCN(c4ncnc(N)c4C(=N)Br)CC3)CC13CC23. The highest BCUT2D eigenvalue weighted by atomic mass is 79.9. The van der Waals surface area contributed by atoms with Crippen LogP contribution in [0.1, 0.15) is 75.3 Å². The summed E-state index contributed by atoms with van der Waals surface area (Å²) in [5.41, 5.74) is 9.65. The fourth-order valence-electron chi connectivity index (χ4n) is 8.76. The molecule has 7 rings (SSSR count). The Hall–Kier alpha value is -1.66. The number of benzene rings is 1. The number of nitrogens with two attached hydrogens (primary N) is 1. The molecular weight excluding hydrogens is 522 g/mol. The van der Waals surface area contributed by atoms with E-state index in [0.29, 0.717) is 28.6 Å². The molecule has 7 heteroatoms. The number of nitrogen functional groups attached to an aromatic ring is 1. The van der Waals surface area contributed by atoms with Crippen LogP contribution < -0.4 is 10.6 Å². The molecule has 2 heterocycles. The molecule has 4 aliphatic carbocycles. The molecule has 0 amide bonds. The van der Waals surface area contributed by atoms with Crippen LogP contribution in [-0.2, 0) is 0 Å². The van der Waals surface area contributed by atoms with Crippen molar-refractivity contribution < 1.29 is 0 Å². The second-order valence-corrected chi connectivity index (χ2v) is 12.7. The number of piperidine rings is 1. The molecule has 1 aromatic carbocycles. The van der Waals surface area contributed by atoms with Crippen LogP contribution in [0.5, 0.6) is 0 Å². The molecule has 2 aromatic rings. The van der Waals surface area contributed by atoms with E-state index in [1.807, 2.05) is 0 Å². The standard InChI is InChI=1S/C28H35BrClN5/c1-2-21-27(15-28(21)14-22(27)28)11-3-4-20(17-5-7-19(30)8-6-17)18-9-12-35(13-10-18)26-23(24(29)31)25(32)33-16-34-26/h5-8,16,18,20-22,31H,2-4,9-15H2,1H3,(H2,32,33,34). The number of anilines is 2. The number of nitrogens with zero attached hydrogens (tertiary/aromatic N) is 3. The van der Waals surface area contributed by atoms with E-state index >= 15 is 0 Å². The van der Waals surface area contributed by atoms with Crippen LogP contribution in [0.3, 0.4) is 0 Å². The van der Waals surface area contributed by atoms with Crippen molar-refractivity contribution in [3.8, 4) is 0 Å². The summed E-state index contributed by atoms with van der Waals surface area (Å²) in [6.45, 7) is 4.25. The van der Waals surface area contributed by atoms with Crippen LogP contribution >= 0.6 is 27.5 Å². The van der Waals surface area contributed by atoms with Crippen LogP contribution in [0.15, 0.2) is 30.6 Å². The van der Waals surface area contributed by atoms with Crippen molar-refractivity contribution in [2.24, 2.45) is 28.6 Å². The molecule has 5 nitrogen and oxygen atoms in total. The molecule has 35 heavy (non-hydrogen) atoms. The minimum atomic E-state index is 0.239. The summed E-state index contributed by atoms with van der Waals surface area (Å²) >= 11 is 9.52. The van der Waals surface area contributed by atoms with Crippen molar-refractivity contribution in [2.45, 2.75) is 64.2 Å². The minimum absolute atomic E-state index is 0.239. The first-order valence-corrected chi connectivity index (χ1v) is 14.4. The molecule has 5 fully saturated rings. The molecule has 1 aliphatic heterocycles. The highest BCUT2D eigenvalue weighted by Gasteiger charge is 2.89. The van der Waals surface area contributed by atoms with Crippen LogP contribution in [0.4, 0.5) is 11.6 Å². The van der Waals surface area contributed by atoms with Gasteiger partial charge < -0.3 is 10.6 Å².